The molecule has 2 aromatic rings. The molecule has 0 saturated carbocycles. The summed E-state index contributed by atoms with van der Waals surface area (Å²) >= 11 is 0. The van der Waals surface area contributed by atoms with Crippen LogP contribution in [0.1, 0.15) is 23.7 Å². The molecule has 0 radical (unpaired) electrons. The SMILES string of the molecule is CC(=O)c1cc([N+](=O)[O-])ccc1OCCCN1CCN(c2cc(=O)n(C)c(=O)n2C)CC1.O=C(O)C(=O)O. The fourth-order valence-corrected chi connectivity index (χ4v) is 3.73. The van der Waals surface area contributed by atoms with Gasteiger partial charge in [-0.2, -0.15) is 0 Å². The van der Waals surface area contributed by atoms with Gasteiger partial charge in [0.1, 0.15) is 11.6 Å². The van der Waals surface area contributed by atoms with Crippen molar-refractivity contribution in [2.24, 2.45) is 14.1 Å². The molecule has 3 rings (SSSR count). The van der Waals surface area contributed by atoms with Gasteiger partial charge in [0.25, 0.3) is 11.2 Å². The molecule has 15 nitrogen and oxygen atoms in total. The zero-order chi connectivity index (χ0) is 28.6. The number of Topliss-reactive ketones (excluding diaryl/α,β-unsaturated/α-hetero) is 1. The second kappa shape index (κ2) is 13.1. The number of ether oxygens (including phenoxy) is 1. The van der Waals surface area contributed by atoms with E-state index in [1.807, 2.05) is 4.90 Å². The first-order valence-electron chi connectivity index (χ1n) is 11.5. The third-order valence-electron chi connectivity index (χ3n) is 5.81. The Morgan fingerprint density at radius 2 is 1.61 bits per heavy atom. The minimum Gasteiger partial charge on any atom is -0.493 e. The number of carbonyl (C=O) groups is 3. The summed E-state index contributed by atoms with van der Waals surface area (Å²) in [6.45, 7) is 5.45. The number of rotatable bonds is 8. The number of nitro groups is 1. The van der Waals surface area contributed by atoms with E-state index < -0.39 is 16.9 Å². The van der Waals surface area contributed by atoms with Gasteiger partial charge in [-0.25, -0.2) is 14.4 Å². The van der Waals surface area contributed by atoms with Gasteiger partial charge in [0.15, 0.2) is 5.78 Å². The van der Waals surface area contributed by atoms with Crippen molar-refractivity contribution in [2.75, 3.05) is 44.2 Å². The van der Waals surface area contributed by atoms with Crippen molar-refractivity contribution in [3.63, 3.8) is 0 Å². The molecule has 0 bridgehead atoms. The Labute approximate surface area is 216 Å². The van der Waals surface area contributed by atoms with E-state index in [-0.39, 0.29) is 28.3 Å². The number of anilines is 1. The lowest BCUT2D eigenvalue weighted by molar-refractivity contribution is -0.384. The van der Waals surface area contributed by atoms with Crippen LogP contribution >= 0.6 is 0 Å². The average molecular weight is 536 g/mol. The number of non-ortho nitro benzene ring substituents is 1. The third kappa shape index (κ3) is 7.73. The fourth-order valence-electron chi connectivity index (χ4n) is 3.73. The van der Waals surface area contributed by atoms with E-state index in [0.29, 0.717) is 31.3 Å². The highest BCUT2D eigenvalue weighted by Gasteiger charge is 2.20. The molecule has 206 valence electrons. The van der Waals surface area contributed by atoms with E-state index >= 15 is 0 Å². The minimum absolute atomic E-state index is 0.144. The largest absolute Gasteiger partial charge is 0.493 e. The van der Waals surface area contributed by atoms with Crippen molar-refractivity contribution >= 4 is 29.2 Å². The fraction of sp³-hybridized carbons (Fsp3) is 0.435. The predicted molar refractivity (Wildman–Crippen MR) is 134 cm³/mol. The van der Waals surface area contributed by atoms with Gasteiger partial charge >= 0.3 is 17.6 Å². The van der Waals surface area contributed by atoms with Gasteiger partial charge in [0.2, 0.25) is 0 Å². The maximum atomic E-state index is 12.1. The first-order valence-corrected chi connectivity index (χ1v) is 11.5. The van der Waals surface area contributed by atoms with Crippen LogP contribution in [0.2, 0.25) is 0 Å². The van der Waals surface area contributed by atoms with Gasteiger partial charge in [0, 0.05) is 65.0 Å². The minimum atomic E-state index is -1.82. The molecule has 0 amide bonds. The molecule has 0 spiro atoms. The Kier molecular flexibility index (Phi) is 10.3. The molecule has 1 aliphatic heterocycles. The van der Waals surface area contributed by atoms with Crippen LogP contribution in [0.25, 0.3) is 0 Å². The molecule has 38 heavy (non-hydrogen) atoms. The number of hydrogen-bond donors (Lipinski definition) is 2. The first kappa shape index (κ1) is 29.7. The summed E-state index contributed by atoms with van der Waals surface area (Å²) in [5, 5.41) is 25.7. The maximum absolute atomic E-state index is 12.1. The quantitative estimate of drug-likeness (QED) is 0.151. The summed E-state index contributed by atoms with van der Waals surface area (Å²) in [4.78, 5) is 68.8. The lowest BCUT2D eigenvalue weighted by Gasteiger charge is -2.36. The highest BCUT2D eigenvalue weighted by Crippen LogP contribution is 2.25. The standard InChI is InChI=1S/C21H27N5O6.C2H2O4/c1-15(27)17-13-16(26(30)31)5-6-18(17)32-12-4-7-24-8-10-25(11-9-24)19-14-20(28)23(3)21(29)22(19)2;3-1(4)2(5)6/h5-6,13-14H,4,7-12H2,1-3H3;(H,3,4)(H,5,6). The molecule has 1 aromatic carbocycles. The molecule has 0 unspecified atom stereocenters. The van der Waals surface area contributed by atoms with Crippen LogP contribution in [0.4, 0.5) is 11.5 Å². The molecular formula is C23H29N5O10. The van der Waals surface area contributed by atoms with Crippen LogP contribution in [-0.2, 0) is 23.7 Å². The summed E-state index contributed by atoms with van der Waals surface area (Å²) in [5.41, 5.74) is -0.608. The topological polar surface area (TPSA) is 195 Å². The summed E-state index contributed by atoms with van der Waals surface area (Å²) in [5.74, 6) is -2.97. The molecule has 1 aliphatic rings. The maximum Gasteiger partial charge on any atom is 0.414 e. The van der Waals surface area contributed by atoms with Crippen LogP contribution in [0, 0.1) is 10.1 Å². The molecule has 0 atom stereocenters. The molecule has 2 heterocycles. The molecule has 1 saturated heterocycles. The van der Waals surface area contributed by atoms with Gasteiger partial charge in [-0.15, -0.1) is 0 Å². The number of nitro benzene ring substituents is 1. The number of hydrogen-bond acceptors (Lipinski definition) is 10. The third-order valence-corrected chi connectivity index (χ3v) is 5.81. The number of ketones is 1. The zero-order valence-corrected chi connectivity index (χ0v) is 21.2. The number of carbonyl (C=O) groups excluding carboxylic acids is 1. The lowest BCUT2D eigenvalue weighted by atomic mass is 10.1. The Bertz CT molecular complexity index is 1310. The van der Waals surface area contributed by atoms with Gasteiger partial charge in [-0.1, -0.05) is 0 Å². The van der Waals surface area contributed by atoms with E-state index in [4.69, 9.17) is 24.5 Å². The number of piperazine rings is 1. The highest BCUT2D eigenvalue weighted by atomic mass is 16.6. The Hall–Kier alpha value is -4.53. The van der Waals surface area contributed by atoms with E-state index in [2.05, 4.69) is 4.90 Å². The average Bonchev–Trinajstić information content (AvgIpc) is 2.88. The summed E-state index contributed by atoms with van der Waals surface area (Å²) < 4.78 is 8.29. The molecule has 2 N–H and O–H groups in total. The van der Waals surface area contributed by atoms with Crippen molar-refractivity contribution in [3.8, 4) is 5.75 Å². The Morgan fingerprint density at radius 1 is 1.00 bits per heavy atom. The van der Waals surface area contributed by atoms with Crippen molar-refractivity contribution in [1.82, 2.24) is 14.0 Å². The highest BCUT2D eigenvalue weighted by molar-refractivity contribution is 6.27. The lowest BCUT2D eigenvalue weighted by Crippen LogP contribution is -2.49. The molecule has 0 aliphatic carbocycles. The number of carboxylic acid groups (broad SMARTS) is 2. The van der Waals surface area contributed by atoms with Gasteiger partial charge < -0.3 is 19.8 Å². The van der Waals surface area contributed by atoms with Crippen LogP contribution < -0.4 is 20.9 Å². The second-order valence-corrected chi connectivity index (χ2v) is 8.38. The Morgan fingerprint density at radius 3 is 2.13 bits per heavy atom. The molecular weight excluding hydrogens is 506 g/mol. The van der Waals surface area contributed by atoms with E-state index in [1.54, 1.807) is 7.05 Å². The normalized spacial score (nSPS) is 13.3. The second-order valence-electron chi connectivity index (χ2n) is 8.38. The number of aromatic nitrogens is 2. The van der Waals surface area contributed by atoms with Crippen molar-refractivity contribution in [2.45, 2.75) is 13.3 Å². The number of nitrogens with zero attached hydrogens (tertiary/aromatic N) is 5. The van der Waals surface area contributed by atoms with E-state index in [9.17, 15) is 24.5 Å². The van der Waals surface area contributed by atoms with E-state index in [1.165, 1.54) is 42.8 Å². The van der Waals surface area contributed by atoms with Crippen LogP contribution in [0.15, 0.2) is 33.9 Å². The number of carboxylic acids is 2. The van der Waals surface area contributed by atoms with Crippen molar-refractivity contribution < 1.29 is 34.3 Å². The van der Waals surface area contributed by atoms with E-state index in [0.717, 1.165) is 30.6 Å². The Balaban J connectivity index is 0.000000757. The first-order chi connectivity index (χ1) is 17.8. The van der Waals surface area contributed by atoms with Gasteiger partial charge in [-0.05, 0) is 19.4 Å². The summed E-state index contributed by atoms with van der Waals surface area (Å²) in [7, 11) is 3.12. The molecule has 1 fully saturated rings. The van der Waals surface area contributed by atoms with Crippen LogP contribution in [-0.4, -0.2) is 86.2 Å². The summed E-state index contributed by atoms with van der Waals surface area (Å²) in [6.07, 6.45) is 0.721. The molecule has 1 aromatic heterocycles. The van der Waals surface area contributed by atoms with Gasteiger partial charge in [-0.3, -0.25) is 33.7 Å². The number of aliphatic carboxylic acids is 2. The van der Waals surface area contributed by atoms with Gasteiger partial charge in [0.05, 0.1) is 17.1 Å². The summed E-state index contributed by atoms with van der Waals surface area (Å²) in [6, 6.07) is 5.51. The molecule has 15 heteroatoms. The van der Waals surface area contributed by atoms with Crippen molar-refractivity contribution in [3.05, 3.63) is 60.8 Å². The monoisotopic (exact) mass is 535 g/mol. The zero-order valence-electron chi connectivity index (χ0n) is 21.2. The smallest absolute Gasteiger partial charge is 0.414 e. The van der Waals surface area contributed by atoms with Crippen LogP contribution in [0.5, 0.6) is 5.75 Å². The predicted octanol–water partition coefficient (Wildman–Crippen LogP) is -0.0585. The van der Waals surface area contributed by atoms with Crippen molar-refractivity contribution in [1.29, 1.82) is 0 Å². The number of benzene rings is 1. The van der Waals surface area contributed by atoms with Crippen LogP contribution in [0.3, 0.4) is 0 Å².